The molecule has 0 bridgehead atoms. The van der Waals surface area contributed by atoms with Crippen LogP contribution in [-0.2, 0) is 4.74 Å². The van der Waals surface area contributed by atoms with Crippen LogP contribution in [0.3, 0.4) is 0 Å². The summed E-state index contributed by atoms with van der Waals surface area (Å²) < 4.78 is 7.27. The lowest BCUT2D eigenvalue weighted by atomic mass is 9.71. The van der Waals surface area contributed by atoms with E-state index in [9.17, 15) is 14.7 Å². The lowest BCUT2D eigenvalue weighted by Crippen LogP contribution is -2.57. The third kappa shape index (κ3) is 4.20. The van der Waals surface area contributed by atoms with E-state index in [0.717, 1.165) is 76.8 Å². The number of piperidine rings is 2. The molecular formula is C24H35N3O4. The van der Waals surface area contributed by atoms with Crippen molar-refractivity contribution in [3.63, 3.8) is 0 Å². The van der Waals surface area contributed by atoms with E-state index in [0.29, 0.717) is 24.7 Å². The molecule has 170 valence electrons. The smallest absolute Gasteiger partial charge is 0.263 e. The molecule has 3 saturated heterocycles. The van der Waals surface area contributed by atoms with Crippen molar-refractivity contribution < 1.29 is 14.6 Å². The zero-order valence-corrected chi connectivity index (χ0v) is 18.6. The molecule has 4 aliphatic rings. The van der Waals surface area contributed by atoms with Crippen molar-refractivity contribution in [3.8, 4) is 0 Å². The van der Waals surface area contributed by atoms with E-state index in [4.69, 9.17) is 4.74 Å². The Labute approximate surface area is 184 Å². The number of hydrogen-bond acceptors (Lipinski definition) is 5. The van der Waals surface area contributed by atoms with Gasteiger partial charge in [0.2, 0.25) is 0 Å². The number of likely N-dealkylation sites (tertiary alicyclic amines) is 2. The first-order chi connectivity index (χ1) is 15.0. The number of aliphatic hydroxyl groups is 1. The molecule has 1 N–H and O–H groups in total. The lowest BCUT2D eigenvalue weighted by molar-refractivity contribution is -0.0695. The average Bonchev–Trinajstić information content (AvgIpc) is 3.59. The SMILES string of the molecule is Cc1ccn(C2CC2)c(=O)c1C(=O)N1CCC2(CC1)CC(O)CN(C1CCOCC1)C2. The molecule has 1 atom stereocenters. The summed E-state index contributed by atoms with van der Waals surface area (Å²) in [5.74, 6) is -0.120. The first-order valence-electron chi connectivity index (χ1n) is 12.0. The molecule has 0 aromatic carbocycles. The summed E-state index contributed by atoms with van der Waals surface area (Å²) in [6.45, 7) is 6.53. The fourth-order valence-electron chi connectivity index (χ4n) is 5.97. The van der Waals surface area contributed by atoms with Crippen molar-refractivity contribution in [2.45, 2.75) is 70.1 Å². The molecule has 31 heavy (non-hydrogen) atoms. The van der Waals surface area contributed by atoms with Crippen LogP contribution >= 0.6 is 0 Å². The van der Waals surface area contributed by atoms with Crippen molar-refractivity contribution in [2.24, 2.45) is 5.41 Å². The van der Waals surface area contributed by atoms with Crippen molar-refractivity contribution in [1.29, 1.82) is 0 Å². The molecule has 4 heterocycles. The summed E-state index contributed by atoms with van der Waals surface area (Å²) in [4.78, 5) is 30.6. The van der Waals surface area contributed by atoms with Gasteiger partial charge in [0.05, 0.1) is 6.10 Å². The predicted molar refractivity (Wildman–Crippen MR) is 117 cm³/mol. The maximum absolute atomic E-state index is 13.3. The molecular weight excluding hydrogens is 394 g/mol. The minimum atomic E-state index is -0.305. The molecule has 7 heteroatoms. The molecule has 3 aliphatic heterocycles. The van der Waals surface area contributed by atoms with Gasteiger partial charge in [0, 0.05) is 57.7 Å². The number of ether oxygens (including phenoxy) is 1. The predicted octanol–water partition coefficient (Wildman–Crippen LogP) is 1.96. The standard InChI is InChI=1S/C24H35N3O4/c1-17-4-9-27(19-2-3-19)23(30)21(17)22(29)25-10-7-24(8-11-25)14-20(28)15-26(16-24)18-5-12-31-13-6-18/h4,9,18-20,28H,2-3,5-8,10-16H2,1H3. The Morgan fingerprint density at radius 1 is 1.13 bits per heavy atom. The van der Waals surface area contributed by atoms with Crippen LogP contribution in [0, 0.1) is 12.3 Å². The van der Waals surface area contributed by atoms with Gasteiger partial charge in [0.15, 0.2) is 0 Å². The van der Waals surface area contributed by atoms with Gasteiger partial charge in [-0.25, -0.2) is 0 Å². The maximum Gasteiger partial charge on any atom is 0.263 e. The van der Waals surface area contributed by atoms with Crippen LogP contribution in [0.4, 0.5) is 0 Å². The van der Waals surface area contributed by atoms with Gasteiger partial charge in [-0.3, -0.25) is 14.5 Å². The van der Waals surface area contributed by atoms with E-state index < -0.39 is 0 Å². The molecule has 7 nitrogen and oxygen atoms in total. The molecule has 1 aliphatic carbocycles. The second kappa shape index (κ2) is 8.34. The van der Waals surface area contributed by atoms with Gasteiger partial charge < -0.3 is 19.3 Å². The molecule has 0 radical (unpaired) electrons. The molecule has 1 unspecified atom stereocenters. The van der Waals surface area contributed by atoms with Crippen LogP contribution in [0.25, 0.3) is 0 Å². The van der Waals surface area contributed by atoms with E-state index >= 15 is 0 Å². The number of hydrogen-bond donors (Lipinski definition) is 1. The molecule has 1 aromatic heterocycles. The van der Waals surface area contributed by atoms with E-state index in [1.54, 1.807) is 4.57 Å². The topological polar surface area (TPSA) is 75.0 Å². The highest BCUT2D eigenvalue weighted by Gasteiger charge is 2.44. The summed E-state index contributed by atoms with van der Waals surface area (Å²) >= 11 is 0. The molecule has 1 aromatic rings. The monoisotopic (exact) mass is 429 g/mol. The highest BCUT2D eigenvalue weighted by molar-refractivity contribution is 5.95. The zero-order valence-electron chi connectivity index (χ0n) is 18.6. The molecule has 1 amide bonds. The van der Waals surface area contributed by atoms with E-state index in [-0.39, 0.29) is 29.0 Å². The number of aliphatic hydroxyl groups excluding tert-OH is 1. The molecule has 5 rings (SSSR count). The normalized spacial score (nSPS) is 27.5. The Balaban J connectivity index is 1.28. The summed E-state index contributed by atoms with van der Waals surface area (Å²) in [6.07, 6.45) is 8.24. The summed E-state index contributed by atoms with van der Waals surface area (Å²) in [7, 11) is 0. The highest BCUT2D eigenvalue weighted by atomic mass is 16.5. The van der Waals surface area contributed by atoms with Crippen LogP contribution in [0.2, 0.25) is 0 Å². The van der Waals surface area contributed by atoms with Gasteiger partial charge in [-0.2, -0.15) is 0 Å². The number of aromatic nitrogens is 1. The minimum Gasteiger partial charge on any atom is -0.392 e. The van der Waals surface area contributed by atoms with Crippen molar-refractivity contribution in [3.05, 3.63) is 33.7 Å². The molecule has 1 saturated carbocycles. The van der Waals surface area contributed by atoms with E-state index in [1.165, 1.54) is 0 Å². The first kappa shape index (κ1) is 21.2. The Kier molecular flexibility index (Phi) is 5.69. The Morgan fingerprint density at radius 3 is 2.52 bits per heavy atom. The number of β-amino-alcohol motifs (C(OH)–C–C–N with tert-alkyl or cyclic N) is 1. The number of amides is 1. The highest BCUT2D eigenvalue weighted by Crippen LogP contribution is 2.41. The van der Waals surface area contributed by atoms with Crippen LogP contribution < -0.4 is 5.56 Å². The van der Waals surface area contributed by atoms with E-state index in [1.807, 2.05) is 24.1 Å². The number of rotatable bonds is 3. The Bertz CT molecular complexity index is 879. The number of nitrogens with zero attached hydrogens (tertiary/aromatic N) is 3. The van der Waals surface area contributed by atoms with Gasteiger partial charge in [0.25, 0.3) is 11.5 Å². The fourth-order valence-corrected chi connectivity index (χ4v) is 5.97. The van der Waals surface area contributed by atoms with Crippen molar-refractivity contribution in [2.75, 3.05) is 39.4 Å². The minimum absolute atomic E-state index is 0.0622. The lowest BCUT2D eigenvalue weighted by Gasteiger charge is -2.51. The molecule has 4 fully saturated rings. The molecule has 1 spiro atoms. The summed E-state index contributed by atoms with van der Waals surface area (Å²) in [5, 5.41) is 10.6. The van der Waals surface area contributed by atoms with Gasteiger partial charge >= 0.3 is 0 Å². The van der Waals surface area contributed by atoms with Gasteiger partial charge in [-0.05, 0) is 68.9 Å². The fraction of sp³-hybridized carbons (Fsp3) is 0.750. The second-order valence-electron chi connectivity index (χ2n) is 10.2. The Morgan fingerprint density at radius 2 is 1.84 bits per heavy atom. The second-order valence-corrected chi connectivity index (χ2v) is 10.2. The number of pyridine rings is 1. The summed E-state index contributed by atoms with van der Waals surface area (Å²) in [6, 6.07) is 2.67. The first-order valence-corrected chi connectivity index (χ1v) is 12.0. The third-order valence-electron chi connectivity index (χ3n) is 7.95. The van der Waals surface area contributed by atoms with Crippen LogP contribution in [0.1, 0.15) is 66.9 Å². The largest absolute Gasteiger partial charge is 0.392 e. The van der Waals surface area contributed by atoms with Crippen LogP contribution in [-0.4, -0.2) is 76.9 Å². The summed E-state index contributed by atoms with van der Waals surface area (Å²) in [5.41, 5.74) is 1.04. The third-order valence-corrected chi connectivity index (χ3v) is 7.95. The van der Waals surface area contributed by atoms with Crippen molar-refractivity contribution in [1.82, 2.24) is 14.4 Å². The maximum atomic E-state index is 13.3. The zero-order chi connectivity index (χ0) is 21.6. The number of carbonyl (C=O) groups is 1. The van der Waals surface area contributed by atoms with Crippen molar-refractivity contribution >= 4 is 5.91 Å². The quantitative estimate of drug-likeness (QED) is 0.795. The van der Waals surface area contributed by atoms with E-state index in [2.05, 4.69) is 4.90 Å². The van der Waals surface area contributed by atoms with Gasteiger partial charge in [-0.15, -0.1) is 0 Å². The van der Waals surface area contributed by atoms with Crippen LogP contribution in [0.15, 0.2) is 17.1 Å². The Hall–Kier alpha value is -1.70. The number of aryl methyl sites for hydroxylation is 1. The van der Waals surface area contributed by atoms with Gasteiger partial charge in [-0.1, -0.05) is 0 Å². The average molecular weight is 430 g/mol. The van der Waals surface area contributed by atoms with Gasteiger partial charge in [0.1, 0.15) is 5.56 Å². The van der Waals surface area contributed by atoms with Crippen LogP contribution in [0.5, 0.6) is 0 Å². The number of carbonyl (C=O) groups excluding carboxylic acids is 1.